The Hall–Kier alpha value is -1.82. The molecule has 1 fully saturated rings. The summed E-state index contributed by atoms with van der Waals surface area (Å²) in [6.45, 7) is 3.53. The zero-order chi connectivity index (χ0) is 13.8. The molecule has 1 aliphatic heterocycles. The minimum atomic E-state index is -1.24. The first kappa shape index (κ1) is 13.6. The van der Waals surface area contributed by atoms with Gasteiger partial charge in [-0.2, -0.15) is 0 Å². The summed E-state index contributed by atoms with van der Waals surface area (Å²) < 4.78 is 0. The molecule has 1 aliphatic rings. The van der Waals surface area contributed by atoms with E-state index < -0.39 is 6.23 Å². The van der Waals surface area contributed by atoms with Crippen LogP contribution in [-0.4, -0.2) is 40.2 Å². The minimum absolute atomic E-state index is 0.289. The van der Waals surface area contributed by atoms with Crippen LogP contribution in [0.4, 0.5) is 11.5 Å². The van der Waals surface area contributed by atoms with E-state index in [0.29, 0.717) is 30.5 Å². The van der Waals surface area contributed by atoms with Gasteiger partial charge < -0.3 is 21.1 Å². The fourth-order valence-corrected chi connectivity index (χ4v) is 2.27. The van der Waals surface area contributed by atoms with Crippen molar-refractivity contribution < 1.29 is 9.90 Å². The van der Waals surface area contributed by atoms with Gasteiger partial charge in [-0.15, -0.1) is 0 Å². The molecule has 19 heavy (non-hydrogen) atoms. The molecule has 6 nitrogen and oxygen atoms in total. The average molecular weight is 264 g/mol. The van der Waals surface area contributed by atoms with E-state index in [1.807, 2.05) is 0 Å². The maximum absolute atomic E-state index is 12.1. The quantitative estimate of drug-likeness (QED) is 0.697. The van der Waals surface area contributed by atoms with Crippen LogP contribution in [-0.2, 0) is 4.79 Å². The number of likely N-dealkylation sites (tertiary alicyclic amines) is 1. The third kappa shape index (κ3) is 3.57. The number of hydrogen-bond acceptors (Lipinski definition) is 5. The molecule has 2 rings (SSSR count). The smallest absolute Gasteiger partial charge is 0.272 e. The van der Waals surface area contributed by atoms with Crippen LogP contribution in [0.5, 0.6) is 0 Å². The van der Waals surface area contributed by atoms with Crippen LogP contribution in [0.3, 0.4) is 0 Å². The molecule has 2 unspecified atom stereocenters. The maximum Gasteiger partial charge on any atom is 0.272 e. The SMILES string of the molecule is CC1CCCN(C(=O)C(O)Nc2ccc(N)nc2)C1. The highest BCUT2D eigenvalue weighted by Gasteiger charge is 2.26. The van der Waals surface area contributed by atoms with E-state index in [2.05, 4.69) is 17.2 Å². The van der Waals surface area contributed by atoms with Gasteiger partial charge in [-0.05, 0) is 30.9 Å². The van der Waals surface area contributed by atoms with Gasteiger partial charge in [0, 0.05) is 13.1 Å². The predicted octanol–water partition coefficient (Wildman–Crippen LogP) is 0.653. The third-order valence-corrected chi connectivity index (χ3v) is 3.29. The van der Waals surface area contributed by atoms with E-state index >= 15 is 0 Å². The second-order valence-corrected chi connectivity index (χ2v) is 5.05. The summed E-state index contributed by atoms with van der Waals surface area (Å²) in [7, 11) is 0. The van der Waals surface area contributed by atoms with E-state index in [4.69, 9.17) is 5.73 Å². The average Bonchev–Trinajstić information content (AvgIpc) is 2.40. The number of carbonyl (C=O) groups excluding carboxylic acids is 1. The summed E-state index contributed by atoms with van der Waals surface area (Å²) in [5, 5.41) is 12.6. The van der Waals surface area contributed by atoms with Gasteiger partial charge >= 0.3 is 0 Å². The number of nitrogen functional groups attached to an aromatic ring is 1. The number of piperidine rings is 1. The standard InChI is InChI=1S/C13H20N4O2/c1-9-3-2-6-17(8-9)13(19)12(18)16-10-4-5-11(14)15-7-10/h4-5,7,9,12,16,18H,2-3,6,8H2,1H3,(H2,14,15). The van der Waals surface area contributed by atoms with Crippen LogP contribution in [0, 0.1) is 5.92 Å². The van der Waals surface area contributed by atoms with Gasteiger partial charge in [0.05, 0.1) is 11.9 Å². The number of amides is 1. The summed E-state index contributed by atoms with van der Waals surface area (Å²) >= 11 is 0. The molecule has 0 saturated carbocycles. The Morgan fingerprint density at radius 1 is 1.63 bits per heavy atom. The zero-order valence-corrected chi connectivity index (χ0v) is 11.0. The molecule has 6 heteroatoms. The summed E-state index contributed by atoms with van der Waals surface area (Å²) in [4.78, 5) is 17.7. The Kier molecular flexibility index (Phi) is 4.21. The number of carbonyl (C=O) groups is 1. The lowest BCUT2D eigenvalue weighted by atomic mass is 10.0. The van der Waals surface area contributed by atoms with Gasteiger partial charge in [-0.1, -0.05) is 6.92 Å². The largest absolute Gasteiger partial charge is 0.384 e. The van der Waals surface area contributed by atoms with Crippen LogP contribution < -0.4 is 11.1 Å². The van der Waals surface area contributed by atoms with Crippen molar-refractivity contribution in [3.63, 3.8) is 0 Å². The van der Waals surface area contributed by atoms with Crippen molar-refractivity contribution in [3.8, 4) is 0 Å². The van der Waals surface area contributed by atoms with Crippen LogP contribution >= 0.6 is 0 Å². The Morgan fingerprint density at radius 2 is 2.42 bits per heavy atom. The van der Waals surface area contributed by atoms with E-state index in [9.17, 15) is 9.90 Å². The minimum Gasteiger partial charge on any atom is -0.384 e. The van der Waals surface area contributed by atoms with Crippen molar-refractivity contribution in [3.05, 3.63) is 18.3 Å². The van der Waals surface area contributed by atoms with Crippen LogP contribution in [0.25, 0.3) is 0 Å². The van der Waals surface area contributed by atoms with E-state index in [1.54, 1.807) is 17.0 Å². The van der Waals surface area contributed by atoms with Crippen molar-refractivity contribution in [2.45, 2.75) is 26.0 Å². The molecule has 1 aromatic heterocycles. The van der Waals surface area contributed by atoms with Crippen molar-refractivity contribution in [2.75, 3.05) is 24.1 Å². The van der Waals surface area contributed by atoms with Gasteiger partial charge in [0.1, 0.15) is 5.82 Å². The lowest BCUT2D eigenvalue weighted by molar-refractivity contribution is -0.140. The number of anilines is 2. The first-order valence-electron chi connectivity index (χ1n) is 6.51. The van der Waals surface area contributed by atoms with Crippen LogP contribution in [0.2, 0.25) is 0 Å². The second kappa shape index (κ2) is 5.88. The molecule has 0 aromatic carbocycles. The van der Waals surface area contributed by atoms with E-state index in [-0.39, 0.29) is 5.91 Å². The molecule has 0 aliphatic carbocycles. The van der Waals surface area contributed by atoms with Crippen molar-refractivity contribution in [1.82, 2.24) is 9.88 Å². The van der Waals surface area contributed by atoms with Gasteiger partial charge in [0.2, 0.25) is 6.23 Å². The lowest BCUT2D eigenvalue weighted by Gasteiger charge is -2.32. The normalized spacial score (nSPS) is 20.9. The molecule has 104 valence electrons. The van der Waals surface area contributed by atoms with Crippen LogP contribution in [0.1, 0.15) is 19.8 Å². The maximum atomic E-state index is 12.1. The molecule has 0 bridgehead atoms. The summed E-state index contributed by atoms with van der Waals surface area (Å²) in [5.41, 5.74) is 6.04. The molecule has 2 heterocycles. The first-order chi connectivity index (χ1) is 9.06. The van der Waals surface area contributed by atoms with Crippen molar-refractivity contribution >= 4 is 17.4 Å². The van der Waals surface area contributed by atoms with Gasteiger partial charge in [0.15, 0.2) is 0 Å². The Morgan fingerprint density at radius 3 is 3.05 bits per heavy atom. The highest BCUT2D eigenvalue weighted by Crippen LogP contribution is 2.17. The number of nitrogens with zero attached hydrogens (tertiary/aromatic N) is 2. The molecule has 0 radical (unpaired) electrons. The molecular formula is C13H20N4O2. The summed E-state index contributed by atoms with van der Waals surface area (Å²) in [5.74, 6) is 0.600. The summed E-state index contributed by atoms with van der Waals surface area (Å²) in [6.07, 6.45) is 2.37. The third-order valence-electron chi connectivity index (χ3n) is 3.29. The highest BCUT2D eigenvalue weighted by atomic mass is 16.3. The topological polar surface area (TPSA) is 91.5 Å². The van der Waals surface area contributed by atoms with Gasteiger partial charge in [-0.25, -0.2) is 4.98 Å². The molecule has 2 atom stereocenters. The van der Waals surface area contributed by atoms with Crippen LogP contribution in [0.15, 0.2) is 18.3 Å². The molecule has 0 spiro atoms. The number of aliphatic hydroxyl groups excluding tert-OH is 1. The fraction of sp³-hybridized carbons (Fsp3) is 0.538. The highest BCUT2D eigenvalue weighted by molar-refractivity contribution is 5.83. The summed E-state index contributed by atoms with van der Waals surface area (Å²) in [6, 6.07) is 3.29. The Balaban J connectivity index is 1.93. The number of aliphatic hydroxyl groups is 1. The fourth-order valence-electron chi connectivity index (χ4n) is 2.27. The molecule has 1 amide bonds. The molecule has 1 aromatic rings. The Labute approximate surface area is 112 Å². The number of aromatic nitrogens is 1. The zero-order valence-electron chi connectivity index (χ0n) is 11.0. The predicted molar refractivity (Wildman–Crippen MR) is 73.3 cm³/mol. The first-order valence-corrected chi connectivity index (χ1v) is 6.51. The van der Waals surface area contributed by atoms with Crippen molar-refractivity contribution in [2.24, 2.45) is 5.92 Å². The monoisotopic (exact) mass is 264 g/mol. The molecular weight excluding hydrogens is 244 g/mol. The van der Waals surface area contributed by atoms with Gasteiger partial charge in [0.25, 0.3) is 5.91 Å². The molecule has 4 N–H and O–H groups in total. The van der Waals surface area contributed by atoms with E-state index in [0.717, 1.165) is 12.8 Å². The molecule has 1 saturated heterocycles. The number of pyridine rings is 1. The van der Waals surface area contributed by atoms with Gasteiger partial charge in [-0.3, -0.25) is 4.79 Å². The number of nitrogens with one attached hydrogen (secondary N) is 1. The number of nitrogens with two attached hydrogens (primary N) is 1. The second-order valence-electron chi connectivity index (χ2n) is 5.05. The van der Waals surface area contributed by atoms with Crippen molar-refractivity contribution in [1.29, 1.82) is 0 Å². The number of hydrogen-bond donors (Lipinski definition) is 3. The lowest BCUT2D eigenvalue weighted by Crippen LogP contribution is -2.47. The Bertz CT molecular complexity index is 435. The number of rotatable bonds is 3. The van der Waals surface area contributed by atoms with E-state index in [1.165, 1.54) is 6.20 Å².